The molecule has 5 heteroatoms. The van der Waals surface area contributed by atoms with Gasteiger partial charge in [0.15, 0.2) is 11.5 Å². The van der Waals surface area contributed by atoms with Gasteiger partial charge in [0.2, 0.25) is 0 Å². The van der Waals surface area contributed by atoms with Crippen molar-refractivity contribution in [2.24, 2.45) is 0 Å². The Morgan fingerprint density at radius 3 is 2.86 bits per heavy atom. The third-order valence-electron chi connectivity index (χ3n) is 3.43. The van der Waals surface area contributed by atoms with Gasteiger partial charge in [0.25, 0.3) is 0 Å². The summed E-state index contributed by atoms with van der Waals surface area (Å²) < 4.78 is 11.4. The van der Waals surface area contributed by atoms with E-state index in [-0.39, 0.29) is 6.04 Å². The molecule has 2 aromatic rings. The van der Waals surface area contributed by atoms with Crippen LogP contribution in [0.2, 0.25) is 0 Å². The van der Waals surface area contributed by atoms with E-state index in [1.165, 1.54) is 10.4 Å². The average Bonchev–Trinajstić information content (AvgIpc) is 2.79. The minimum atomic E-state index is 0.250. The van der Waals surface area contributed by atoms with Crippen molar-refractivity contribution < 1.29 is 9.47 Å². The molecule has 0 saturated heterocycles. The second-order valence-electron chi connectivity index (χ2n) is 5.24. The van der Waals surface area contributed by atoms with Crippen molar-refractivity contribution in [1.82, 2.24) is 10.3 Å². The van der Waals surface area contributed by atoms with Crippen LogP contribution < -0.4 is 14.8 Å². The van der Waals surface area contributed by atoms with Gasteiger partial charge in [-0.25, -0.2) is 4.98 Å². The first-order valence-corrected chi connectivity index (χ1v) is 8.08. The number of hydrogen-bond donors (Lipinski definition) is 1. The third kappa shape index (κ3) is 3.54. The largest absolute Gasteiger partial charge is 0.490 e. The summed E-state index contributed by atoms with van der Waals surface area (Å²) in [6, 6.07) is 6.39. The summed E-state index contributed by atoms with van der Waals surface area (Å²) in [6.45, 7) is 6.46. The molecule has 0 aliphatic carbocycles. The molecule has 3 rings (SSSR count). The molecule has 0 amide bonds. The SMILES string of the molecule is Cc1cnc(C(C)NCc2ccc3c(c2)OCCCO3)s1. The normalized spacial score (nSPS) is 15.5. The summed E-state index contributed by atoms with van der Waals surface area (Å²) in [6.07, 6.45) is 2.86. The van der Waals surface area contributed by atoms with Crippen LogP contribution in [0.3, 0.4) is 0 Å². The van der Waals surface area contributed by atoms with Crippen molar-refractivity contribution in [3.63, 3.8) is 0 Å². The first-order chi connectivity index (χ1) is 10.2. The number of hydrogen-bond acceptors (Lipinski definition) is 5. The number of rotatable bonds is 4. The van der Waals surface area contributed by atoms with Crippen LogP contribution in [-0.4, -0.2) is 18.2 Å². The highest BCUT2D eigenvalue weighted by atomic mass is 32.1. The predicted molar refractivity (Wildman–Crippen MR) is 84.2 cm³/mol. The van der Waals surface area contributed by atoms with Gasteiger partial charge >= 0.3 is 0 Å². The third-order valence-corrected chi connectivity index (χ3v) is 4.53. The van der Waals surface area contributed by atoms with E-state index in [4.69, 9.17) is 9.47 Å². The first kappa shape index (κ1) is 14.4. The molecule has 0 bridgehead atoms. The minimum absolute atomic E-state index is 0.250. The zero-order chi connectivity index (χ0) is 14.7. The molecule has 1 aliphatic rings. The Balaban J connectivity index is 1.64. The Hall–Kier alpha value is -1.59. The molecule has 1 atom stereocenters. The van der Waals surface area contributed by atoms with Crippen molar-refractivity contribution in [2.45, 2.75) is 32.9 Å². The highest BCUT2D eigenvalue weighted by Gasteiger charge is 2.12. The van der Waals surface area contributed by atoms with Crippen LogP contribution in [0.15, 0.2) is 24.4 Å². The number of benzene rings is 1. The van der Waals surface area contributed by atoms with Crippen LogP contribution in [0, 0.1) is 6.92 Å². The maximum Gasteiger partial charge on any atom is 0.161 e. The van der Waals surface area contributed by atoms with Gasteiger partial charge in [0.05, 0.1) is 19.3 Å². The summed E-state index contributed by atoms with van der Waals surface area (Å²) >= 11 is 1.74. The number of aromatic nitrogens is 1. The molecule has 1 aromatic heterocycles. The fourth-order valence-corrected chi connectivity index (χ4v) is 3.05. The van der Waals surface area contributed by atoms with Crippen LogP contribution in [0.1, 0.15) is 34.8 Å². The number of nitrogens with zero attached hydrogens (tertiary/aromatic N) is 1. The van der Waals surface area contributed by atoms with Crippen molar-refractivity contribution in [1.29, 1.82) is 0 Å². The number of ether oxygens (including phenoxy) is 2. The zero-order valence-corrected chi connectivity index (χ0v) is 13.2. The van der Waals surface area contributed by atoms with Crippen LogP contribution in [0.4, 0.5) is 0 Å². The lowest BCUT2D eigenvalue weighted by atomic mass is 10.2. The van der Waals surface area contributed by atoms with Gasteiger partial charge < -0.3 is 14.8 Å². The Bertz CT molecular complexity index is 612. The Kier molecular flexibility index (Phi) is 4.41. The molecule has 0 spiro atoms. The van der Waals surface area contributed by atoms with Gasteiger partial charge in [-0.1, -0.05) is 6.07 Å². The van der Waals surface area contributed by atoms with Crippen molar-refractivity contribution in [3.8, 4) is 11.5 Å². The van der Waals surface area contributed by atoms with Crippen molar-refractivity contribution in [3.05, 3.63) is 39.8 Å². The second kappa shape index (κ2) is 6.45. The lowest BCUT2D eigenvalue weighted by Gasteiger charge is -2.13. The summed E-state index contributed by atoms with van der Waals surface area (Å²) in [5, 5.41) is 4.63. The van der Waals surface area contributed by atoms with Gasteiger partial charge in [0.1, 0.15) is 5.01 Å². The zero-order valence-electron chi connectivity index (χ0n) is 12.4. The van der Waals surface area contributed by atoms with E-state index in [2.05, 4.69) is 36.3 Å². The Morgan fingerprint density at radius 2 is 2.10 bits per heavy atom. The van der Waals surface area contributed by atoms with Crippen molar-refractivity contribution >= 4 is 11.3 Å². The molecule has 4 nitrogen and oxygen atoms in total. The number of nitrogens with one attached hydrogen (secondary N) is 1. The van der Waals surface area contributed by atoms with Crippen LogP contribution in [-0.2, 0) is 6.54 Å². The molecular weight excluding hydrogens is 284 g/mol. The number of aryl methyl sites for hydroxylation is 1. The van der Waals surface area contributed by atoms with E-state index in [0.29, 0.717) is 0 Å². The quantitative estimate of drug-likeness (QED) is 0.939. The van der Waals surface area contributed by atoms with Gasteiger partial charge in [-0.15, -0.1) is 11.3 Å². The fourth-order valence-electron chi connectivity index (χ4n) is 2.25. The van der Waals surface area contributed by atoms with Gasteiger partial charge in [-0.2, -0.15) is 0 Å². The lowest BCUT2D eigenvalue weighted by Crippen LogP contribution is -2.17. The summed E-state index contributed by atoms with van der Waals surface area (Å²) in [5.41, 5.74) is 1.19. The highest BCUT2D eigenvalue weighted by Crippen LogP contribution is 2.30. The van der Waals surface area contributed by atoms with Crippen molar-refractivity contribution in [2.75, 3.05) is 13.2 Å². The van der Waals surface area contributed by atoms with E-state index < -0.39 is 0 Å². The Morgan fingerprint density at radius 1 is 1.29 bits per heavy atom. The topological polar surface area (TPSA) is 43.4 Å². The number of fused-ring (bicyclic) bond motifs is 1. The smallest absolute Gasteiger partial charge is 0.161 e. The molecule has 0 radical (unpaired) electrons. The first-order valence-electron chi connectivity index (χ1n) is 7.26. The molecular formula is C16H20N2O2S. The lowest BCUT2D eigenvalue weighted by molar-refractivity contribution is 0.297. The van der Waals surface area contributed by atoms with E-state index in [9.17, 15) is 0 Å². The summed E-state index contributed by atoms with van der Waals surface area (Å²) in [5.74, 6) is 1.70. The van der Waals surface area contributed by atoms with Crippen LogP contribution in [0.25, 0.3) is 0 Å². The molecule has 0 fully saturated rings. The maximum atomic E-state index is 5.72. The number of thiazole rings is 1. The molecule has 2 heterocycles. The Labute approximate surface area is 129 Å². The van der Waals surface area contributed by atoms with Crippen LogP contribution >= 0.6 is 11.3 Å². The second-order valence-corrected chi connectivity index (χ2v) is 6.51. The molecule has 112 valence electrons. The van der Waals surface area contributed by atoms with Crippen LogP contribution in [0.5, 0.6) is 11.5 Å². The molecule has 1 unspecified atom stereocenters. The minimum Gasteiger partial charge on any atom is -0.490 e. The molecule has 1 aromatic carbocycles. The fraction of sp³-hybridized carbons (Fsp3) is 0.438. The molecule has 1 aliphatic heterocycles. The van der Waals surface area contributed by atoms with E-state index in [1.54, 1.807) is 11.3 Å². The standard InChI is InChI=1S/C16H20N2O2S/c1-11-9-18-16(21-11)12(2)17-10-13-4-5-14-15(8-13)20-7-3-6-19-14/h4-5,8-9,12,17H,3,6-7,10H2,1-2H3. The predicted octanol–water partition coefficient (Wildman–Crippen LogP) is 3.46. The average molecular weight is 304 g/mol. The van der Waals surface area contributed by atoms with Gasteiger partial charge in [0, 0.05) is 24.0 Å². The monoisotopic (exact) mass is 304 g/mol. The maximum absolute atomic E-state index is 5.72. The molecule has 1 N–H and O–H groups in total. The van der Waals surface area contributed by atoms with Gasteiger partial charge in [-0.3, -0.25) is 0 Å². The highest BCUT2D eigenvalue weighted by molar-refractivity contribution is 7.11. The van der Waals surface area contributed by atoms with Gasteiger partial charge in [-0.05, 0) is 31.5 Å². The van der Waals surface area contributed by atoms with E-state index in [0.717, 1.165) is 42.7 Å². The molecule has 0 saturated carbocycles. The summed E-state index contributed by atoms with van der Waals surface area (Å²) in [4.78, 5) is 5.67. The molecule has 21 heavy (non-hydrogen) atoms. The summed E-state index contributed by atoms with van der Waals surface area (Å²) in [7, 11) is 0. The van der Waals surface area contributed by atoms with E-state index >= 15 is 0 Å². The van der Waals surface area contributed by atoms with E-state index in [1.807, 2.05) is 12.3 Å².